The number of nitrogens with zero attached hydrogens (tertiary/aromatic N) is 1. The average molecular weight is 163 g/mol. The van der Waals surface area contributed by atoms with Gasteiger partial charge >= 0.3 is 5.72 Å². The summed E-state index contributed by atoms with van der Waals surface area (Å²) in [6.45, 7) is 3.86. The van der Waals surface area contributed by atoms with Crippen molar-refractivity contribution in [1.82, 2.24) is 0 Å². The Hall–Kier alpha value is -0.680. The monoisotopic (exact) mass is 163 g/mol. The van der Waals surface area contributed by atoms with Gasteiger partial charge in [-0.1, -0.05) is 6.92 Å². The fourth-order valence-corrected chi connectivity index (χ4v) is 0.785. The first-order valence-corrected chi connectivity index (χ1v) is 3.35. The molecular weight excluding hydrogens is 150 g/mol. The Labute approximate surface area is 64.8 Å². The molecule has 2 N–H and O–H groups in total. The van der Waals surface area contributed by atoms with Crippen molar-refractivity contribution in [3.8, 4) is 0 Å². The van der Waals surface area contributed by atoms with Crippen molar-refractivity contribution in [3.63, 3.8) is 0 Å². The Bertz CT molecular complexity index is 162. The zero-order chi connectivity index (χ0) is 9.28. The molecule has 1 unspecified atom stereocenters. The lowest BCUT2D eigenvalue weighted by molar-refractivity contribution is -0.648. The van der Waals surface area contributed by atoms with Crippen molar-refractivity contribution >= 4 is 0 Å². The molecular formula is C6H13NO4. The van der Waals surface area contributed by atoms with Crippen LogP contribution in [0.4, 0.5) is 0 Å². The van der Waals surface area contributed by atoms with Gasteiger partial charge in [-0.15, -0.1) is 0 Å². The van der Waals surface area contributed by atoms with E-state index in [4.69, 9.17) is 0 Å². The second-order valence-electron chi connectivity index (χ2n) is 2.99. The minimum absolute atomic E-state index is 0.122. The third kappa shape index (κ3) is 1.66. The summed E-state index contributed by atoms with van der Waals surface area (Å²) >= 11 is 0. The van der Waals surface area contributed by atoms with Crippen molar-refractivity contribution in [2.24, 2.45) is 0 Å². The second-order valence-corrected chi connectivity index (χ2v) is 2.99. The molecule has 0 rings (SSSR count). The molecule has 0 radical (unpaired) electrons. The minimum atomic E-state index is -2.24. The van der Waals surface area contributed by atoms with Crippen LogP contribution >= 0.6 is 0 Å². The Balaban J connectivity index is 4.75. The van der Waals surface area contributed by atoms with E-state index in [1.165, 1.54) is 20.8 Å². The van der Waals surface area contributed by atoms with Crippen LogP contribution in [0, 0.1) is 10.1 Å². The fraction of sp³-hybridized carbons (Fsp3) is 1.00. The van der Waals surface area contributed by atoms with Crippen LogP contribution in [0.3, 0.4) is 0 Å². The Morgan fingerprint density at radius 1 is 1.45 bits per heavy atom. The number of rotatable bonds is 3. The van der Waals surface area contributed by atoms with Crippen molar-refractivity contribution < 1.29 is 15.1 Å². The van der Waals surface area contributed by atoms with Gasteiger partial charge in [-0.2, -0.15) is 0 Å². The fourth-order valence-electron chi connectivity index (χ4n) is 0.785. The van der Waals surface area contributed by atoms with E-state index in [1.807, 2.05) is 0 Å². The summed E-state index contributed by atoms with van der Waals surface area (Å²) in [5.41, 5.74) is -3.96. The SMILES string of the molecule is CCC(O)([N+](=O)[O-])C(C)(C)O. The predicted octanol–water partition coefficient (Wildman–Crippen LogP) is 0.133. The van der Waals surface area contributed by atoms with Gasteiger partial charge in [0.15, 0.2) is 5.60 Å². The van der Waals surface area contributed by atoms with Gasteiger partial charge in [-0.25, -0.2) is 0 Å². The molecule has 0 amide bonds. The molecule has 0 aliphatic carbocycles. The summed E-state index contributed by atoms with van der Waals surface area (Å²) in [5, 5.41) is 28.8. The summed E-state index contributed by atoms with van der Waals surface area (Å²) < 4.78 is 0. The highest BCUT2D eigenvalue weighted by molar-refractivity contribution is 4.82. The molecule has 5 nitrogen and oxygen atoms in total. The van der Waals surface area contributed by atoms with Gasteiger partial charge in [0, 0.05) is 6.42 Å². The molecule has 0 fully saturated rings. The van der Waals surface area contributed by atoms with E-state index in [2.05, 4.69) is 0 Å². The topological polar surface area (TPSA) is 83.6 Å². The van der Waals surface area contributed by atoms with Crippen LogP contribution in [0.1, 0.15) is 27.2 Å². The van der Waals surface area contributed by atoms with Crippen molar-refractivity contribution in [2.75, 3.05) is 0 Å². The molecule has 0 aromatic rings. The van der Waals surface area contributed by atoms with Gasteiger partial charge in [0.1, 0.15) is 0 Å². The molecule has 5 heteroatoms. The van der Waals surface area contributed by atoms with Crippen molar-refractivity contribution in [2.45, 2.75) is 38.5 Å². The zero-order valence-electron chi connectivity index (χ0n) is 6.87. The molecule has 0 aromatic heterocycles. The first-order valence-electron chi connectivity index (χ1n) is 3.35. The van der Waals surface area contributed by atoms with Gasteiger partial charge < -0.3 is 10.2 Å². The average Bonchev–Trinajstić information content (AvgIpc) is 1.83. The molecule has 0 aliphatic rings. The molecule has 11 heavy (non-hydrogen) atoms. The maximum Gasteiger partial charge on any atom is 0.350 e. The standard InChI is InChI=1S/C6H13NO4/c1-4-6(9,7(10)11)5(2,3)8/h8-9H,4H2,1-3H3. The van der Waals surface area contributed by atoms with Crippen LogP contribution < -0.4 is 0 Å². The quantitative estimate of drug-likeness (QED) is 0.352. The van der Waals surface area contributed by atoms with E-state index in [0.29, 0.717) is 0 Å². The lowest BCUT2D eigenvalue weighted by Crippen LogP contribution is -2.55. The smallest absolute Gasteiger partial charge is 0.350 e. The summed E-state index contributed by atoms with van der Waals surface area (Å²) in [4.78, 5) is 9.43. The molecule has 0 bridgehead atoms. The van der Waals surface area contributed by atoms with Crippen LogP contribution in [0.25, 0.3) is 0 Å². The first-order chi connectivity index (χ1) is 4.75. The normalized spacial score (nSPS) is 17.5. The summed E-state index contributed by atoms with van der Waals surface area (Å²) in [6.07, 6.45) is -0.122. The number of aliphatic hydroxyl groups is 2. The van der Waals surface area contributed by atoms with Crippen LogP contribution in [-0.2, 0) is 0 Å². The summed E-state index contributed by atoms with van der Waals surface area (Å²) in [6, 6.07) is 0. The van der Waals surface area contributed by atoms with E-state index in [-0.39, 0.29) is 6.42 Å². The number of nitro groups is 1. The predicted molar refractivity (Wildman–Crippen MR) is 38.5 cm³/mol. The summed E-state index contributed by atoms with van der Waals surface area (Å²) in [5.74, 6) is 0. The Morgan fingerprint density at radius 3 is 1.82 bits per heavy atom. The maximum atomic E-state index is 10.3. The molecule has 0 aliphatic heterocycles. The van der Waals surface area contributed by atoms with Crippen LogP contribution in [0.15, 0.2) is 0 Å². The van der Waals surface area contributed by atoms with E-state index >= 15 is 0 Å². The van der Waals surface area contributed by atoms with Gasteiger partial charge in [0.2, 0.25) is 0 Å². The largest absolute Gasteiger partial charge is 0.380 e. The van der Waals surface area contributed by atoms with Crippen molar-refractivity contribution in [3.05, 3.63) is 10.1 Å². The first kappa shape index (κ1) is 10.3. The minimum Gasteiger partial charge on any atom is -0.380 e. The summed E-state index contributed by atoms with van der Waals surface area (Å²) in [7, 11) is 0. The Morgan fingerprint density at radius 2 is 1.82 bits per heavy atom. The van der Waals surface area contributed by atoms with Gasteiger partial charge in [-0.3, -0.25) is 10.1 Å². The third-order valence-electron chi connectivity index (χ3n) is 1.77. The highest BCUT2D eigenvalue weighted by Gasteiger charge is 2.52. The number of hydrogen-bond acceptors (Lipinski definition) is 4. The van der Waals surface area contributed by atoms with Crippen LogP contribution in [-0.4, -0.2) is 26.5 Å². The van der Waals surface area contributed by atoms with Crippen LogP contribution in [0.5, 0.6) is 0 Å². The van der Waals surface area contributed by atoms with Gasteiger partial charge in [-0.05, 0) is 13.8 Å². The molecule has 0 saturated heterocycles. The van der Waals surface area contributed by atoms with Crippen molar-refractivity contribution in [1.29, 1.82) is 0 Å². The second kappa shape index (κ2) is 2.75. The molecule has 1 atom stereocenters. The van der Waals surface area contributed by atoms with E-state index in [1.54, 1.807) is 0 Å². The van der Waals surface area contributed by atoms with Crippen LogP contribution in [0.2, 0.25) is 0 Å². The zero-order valence-corrected chi connectivity index (χ0v) is 6.87. The lowest BCUT2D eigenvalue weighted by Gasteiger charge is -2.28. The molecule has 0 saturated carbocycles. The molecule has 0 heterocycles. The molecule has 0 spiro atoms. The number of hydrogen-bond donors (Lipinski definition) is 2. The lowest BCUT2D eigenvalue weighted by atomic mass is 9.93. The highest BCUT2D eigenvalue weighted by Crippen LogP contribution is 2.25. The molecule has 0 aromatic carbocycles. The van der Waals surface area contributed by atoms with E-state index in [0.717, 1.165) is 0 Å². The third-order valence-corrected chi connectivity index (χ3v) is 1.77. The highest BCUT2D eigenvalue weighted by atomic mass is 16.7. The van der Waals surface area contributed by atoms with Gasteiger partial charge in [0.05, 0.1) is 4.92 Å². The van der Waals surface area contributed by atoms with E-state index < -0.39 is 16.2 Å². The van der Waals surface area contributed by atoms with E-state index in [9.17, 15) is 20.3 Å². The molecule has 66 valence electrons. The van der Waals surface area contributed by atoms with Gasteiger partial charge in [0.25, 0.3) is 0 Å². The Kier molecular flexibility index (Phi) is 2.58. The maximum absolute atomic E-state index is 10.3.